The Hall–Kier alpha value is -3.09. The molecule has 1 aliphatic heterocycles. The van der Waals surface area contributed by atoms with Crippen LogP contribution in [0.1, 0.15) is 23.5 Å². The number of rotatable bonds is 4. The van der Waals surface area contributed by atoms with Crippen molar-refractivity contribution in [3.63, 3.8) is 0 Å². The Kier molecular flexibility index (Phi) is 4.07. The van der Waals surface area contributed by atoms with Gasteiger partial charge in [0, 0.05) is 36.2 Å². The zero-order valence-electron chi connectivity index (χ0n) is 13.2. The number of benzene rings is 2. The molecular formula is C17H16N2O5. The predicted octanol–water partition coefficient (Wildman–Crippen LogP) is 3.09. The standard InChI is InChI=1S/C17H16N2O5/c1-23-15-7-13-12(10-3-5-11(6-4-10)19(21)22)8-17(20)18-14(13)9-16(15)24-2/h3-7,9,12H,8H2,1-2H3,(H,18,20)/t12-/m1/s1. The van der Waals surface area contributed by atoms with E-state index in [2.05, 4.69) is 5.32 Å². The minimum Gasteiger partial charge on any atom is -0.493 e. The molecule has 24 heavy (non-hydrogen) atoms. The van der Waals surface area contributed by atoms with Crippen LogP contribution in [0.15, 0.2) is 36.4 Å². The van der Waals surface area contributed by atoms with Crippen molar-refractivity contribution >= 4 is 17.3 Å². The molecule has 124 valence electrons. The number of carbonyl (C=O) groups excluding carboxylic acids is 1. The minimum absolute atomic E-state index is 0.0199. The summed E-state index contributed by atoms with van der Waals surface area (Å²) >= 11 is 0. The highest BCUT2D eigenvalue weighted by Crippen LogP contribution is 2.43. The van der Waals surface area contributed by atoms with E-state index in [9.17, 15) is 14.9 Å². The fraction of sp³-hybridized carbons (Fsp3) is 0.235. The zero-order valence-corrected chi connectivity index (χ0v) is 13.2. The first-order chi connectivity index (χ1) is 11.5. The van der Waals surface area contributed by atoms with Crippen LogP contribution in [0, 0.1) is 10.1 Å². The minimum atomic E-state index is -0.445. The number of anilines is 1. The van der Waals surface area contributed by atoms with Gasteiger partial charge in [0.1, 0.15) is 0 Å². The molecule has 0 radical (unpaired) electrons. The molecule has 7 heteroatoms. The van der Waals surface area contributed by atoms with Gasteiger partial charge in [0.05, 0.1) is 19.1 Å². The van der Waals surface area contributed by atoms with Crippen LogP contribution in [0.4, 0.5) is 11.4 Å². The number of ether oxygens (including phenoxy) is 2. The molecule has 2 aromatic carbocycles. The summed E-state index contributed by atoms with van der Waals surface area (Å²) in [6, 6.07) is 9.82. The Bertz CT molecular complexity index is 801. The van der Waals surface area contributed by atoms with Crippen LogP contribution in [0.3, 0.4) is 0 Å². The van der Waals surface area contributed by atoms with Crippen LogP contribution in [-0.4, -0.2) is 25.1 Å². The smallest absolute Gasteiger partial charge is 0.269 e. The van der Waals surface area contributed by atoms with Gasteiger partial charge in [0.15, 0.2) is 11.5 Å². The van der Waals surface area contributed by atoms with Gasteiger partial charge in [-0.15, -0.1) is 0 Å². The lowest BCUT2D eigenvalue weighted by Crippen LogP contribution is -2.23. The molecule has 0 aliphatic carbocycles. The van der Waals surface area contributed by atoms with Gasteiger partial charge in [-0.1, -0.05) is 12.1 Å². The number of hydrogen-bond acceptors (Lipinski definition) is 5. The number of hydrogen-bond donors (Lipinski definition) is 1. The number of nitro groups is 1. The highest BCUT2D eigenvalue weighted by molar-refractivity contribution is 5.96. The first kappa shape index (κ1) is 15.8. The quantitative estimate of drug-likeness (QED) is 0.688. The Morgan fingerprint density at radius 2 is 1.75 bits per heavy atom. The molecular weight excluding hydrogens is 312 g/mol. The zero-order chi connectivity index (χ0) is 17.3. The molecule has 0 unspecified atom stereocenters. The number of nitro benzene ring substituents is 1. The van der Waals surface area contributed by atoms with Crippen LogP contribution in [-0.2, 0) is 4.79 Å². The number of amides is 1. The van der Waals surface area contributed by atoms with E-state index in [0.717, 1.165) is 11.1 Å². The molecule has 1 atom stereocenters. The molecule has 1 heterocycles. The van der Waals surface area contributed by atoms with Crippen LogP contribution < -0.4 is 14.8 Å². The first-order valence-corrected chi connectivity index (χ1v) is 7.33. The molecule has 3 rings (SSSR count). The SMILES string of the molecule is COc1cc2c(cc1OC)[C@@H](c1ccc([N+](=O)[O-])cc1)CC(=O)N2. The van der Waals surface area contributed by atoms with Crippen molar-refractivity contribution in [1.29, 1.82) is 0 Å². The van der Waals surface area contributed by atoms with Gasteiger partial charge >= 0.3 is 0 Å². The Balaban J connectivity index is 2.07. The summed E-state index contributed by atoms with van der Waals surface area (Å²) in [7, 11) is 3.08. The molecule has 0 fully saturated rings. The summed E-state index contributed by atoms with van der Waals surface area (Å²) in [5, 5.41) is 13.6. The molecule has 7 nitrogen and oxygen atoms in total. The van der Waals surface area contributed by atoms with Gasteiger partial charge in [-0.2, -0.15) is 0 Å². The second-order valence-electron chi connectivity index (χ2n) is 5.45. The van der Waals surface area contributed by atoms with E-state index in [1.54, 1.807) is 25.3 Å². The summed E-state index contributed by atoms with van der Waals surface area (Å²) in [4.78, 5) is 22.4. The topological polar surface area (TPSA) is 90.7 Å². The molecule has 1 amide bonds. The second-order valence-corrected chi connectivity index (χ2v) is 5.45. The molecule has 0 aromatic heterocycles. The number of carbonyl (C=O) groups is 1. The van der Waals surface area contributed by atoms with E-state index in [-0.39, 0.29) is 23.9 Å². The van der Waals surface area contributed by atoms with Crippen molar-refractivity contribution in [2.24, 2.45) is 0 Å². The highest BCUT2D eigenvalue weighted by atomic mass is 16.6. The van der Waals surface area contributed by atoms with E-state index in [0.29, 0.717) is 17.2 Å². The molecule has 0 saturated heterocycles. The maximum atomic E-state index is 12.0. The largest absolute Gasteiger partial charge is 0.493 e. The number of nitrogens with one attached hydrogen (secondary N) is 1. The summed E-state index contributed by atoms with van der Waals surface area (Å²) in [6.07, 6.45) is 0.264. The Morgan fingerprint density at radius 1 is 1.12 bits per heavy atom. The third-order valence-electron chi connectivity index (χ3n) is 4.10. The van der Waals surface area contributed by atoms with Gasteiger partial charge in [-0.3, -0.25) is 14.9 Å². The molecule has 0 saturated carbocycles. The van der Waals surface area contributed by atoms with E-state index in [4.69, 9.17) is 9.47 Å². The molecule has 0 spiro atoms. The average Bonchev–Trinajstić information content (AvgIpc) is 2.59. The third-order valence-corrected chi connectivity index (χ3v) is 4.10. The third kappa shape index (κ3) is 2.76. The average molecular weight is 328 g/mol. The summed E-state index contributed by atoms with van der Waals surface area (Å²) < 4.78 is 10.6. The van der Waals surface area contributed by atoms with Crippen molar-refractivity contribution in [2.75, 3.05) is 19.5 Å². The highest BCUT2D eigenvalue weighted by Gasteiger charge is 2.28. The predicted molar refractivity (Wildman–Crippen MR) is 87.7 cm³/mol. The second kappa shape index (κ2) is 6.19. The van der Waals surface area contributed by atoms with Crippen molar-refractivity contribution < 1.29 is 19.2 Å². The van der Waals surface area contributed by atoms with E-state index in [1.807, 2.05) is 6.07 Å². The van der Waals surface area contributed by atoms with E-state index in [1.165, 1.54) is 19.2 Å². The van der Waals surface area contributed by atoms with Gasteiger partial charge < -0.3 is 14.8 Å². The Labute approximate surface area is 138 Å². The lowest BCUT2D eigenvalue weighted by molar-refractivity contribution is -0.384. The molecule has 1 N–H and O–H groups in total. The molecule has 2 aromatic rings. The maximum absolute atomic E-state index is 12.0. The van der Waals surface area contributed by atoms with E-state index >= 15 is 0 Å². The molecule has 1 aliphatic rings. The van der Waals surface area contributed by atoms with Crippen LogP contribution in [0.2, 0.25) is 0 Å². The van der Waals surface area contributed by atoms with Gasteiger partial charge in [0.2, 0.25) is 5.91 Å². The number of nitrogens with zero attached hydrogens (tertiary/aromatic N) is 1. The Morgan fingerprint density at radius 3 is 2.33 bits per heavy atom. The number of methoxy groups -OCH3 is 2. The number of fused-ring (bicyclic) bond motifs is 1. The van der Waals surface area contributed by atoms with Crippen molar-refractivity contribution in [3.8, 4) is 11.5 Å². The fourth-order valence-corrected chi connectivity index (χ4v) is 2.91. The summed E-state index contributed by atoms with van der Waals surface area (Å²) in [6.45, 7) is 0. The maximum Gasteiger partial charge on any atom is 0.269 e. The van der Waals surface area contributed by atoms with Gasteiger partial charge in [0.25, 0.3) is 5.69 Å². The normalized spacial score (nSPS) is 16.1. The fourth-order valence-electron chi connectivity index (χ4n) is 2.91. The van der Waals surface area contributed by atoms with Crippen LogP contribution in [0.25, 0.3) is 0 Å². The van der Waals surface area contributed by atoms with Crippen molar-refractivity contribution in [3.05, 3.63) is 57.6 Å². The summed E-state index contributed by atoms with van der Waals surface area (Å²) in [5.74, 6) is 0.785. The molecule has 0 bridgehead atoms. The van der Waals surface area contributed by atoms with Crippen molar-refractivity contribution in [2.45, 2.75) is 12.3 Å². The van der Waals surface area contributed by atoms with Crippen LogP contribution in [0.5, 0.6) is 11.5 Å². The van der Waals surface area contributed by atoms with E-state index < -0.39 is 4.92 Å². The number of non-ortho nitro benzene ring substituents is 1. The monoisotopic (exact) mass is 328 g/mol. The van der Waals surface area contributed by atoms with Crippen molar-refractivity contribution in [1.82, 2.24) is 0 Å². The van der Waals surface area contributed by atoms with Crippen LogP contribution >= 0.6 is 0 Å². The lowest BCUT2D eigenvalue weighted by atomic mass is 9.84. The lowest BCUT2D eigenvalue weighted by Gasteiger charge is -2.27. The summed E-state index contributed by atoms with van der Waals surface area (Å²) in [5.41, 5.74) is 2.41. The van der Waals surface area contributed by atoms with Gasteiger partial charge in [-0.25, -0.2) is 0 Å². The van der Waals surface area contributed by atoms with Gasteiger partial charge in [-0.05, 0) is 17.2 Å². The first-order valence-electron chi connectivity index (χ1n) is 7.33.